The Morgan fingerprint density at radius 2 is 1.25 bits per heavy atom. The molecule has 3 aromatic carbocycles. The number of rotatable bonds is 9. The van der Waals surface area contributed by atoms with Crippen LogP contribution in [-0.2, 0) is 48.0 Å². The van der Waals surface area contributed by atoms with E-state index in [4.69, 9.17) is 14.2 Å². The van der Waals surface area contributed by atoms with Crippen molar-refractivity contribution in [1.82, 2.24) is 35.6 Å². The summed E-state index contributed by atoms with van der Waals surface area (Å²) in [5, 5.41) is 8.23. The Labute approximate surface area is 376 Å². The summed E-state index contributed by atoms with van der Waals surface area (Å²) in [7, 11) is 5.97. The number of hydrogen-bond acceptors (Lipinski definition) is 10. The molecule has 6 bridgehead atoms. The van der Waals surface area contributed by atoms with Crippen LogP contribution in [0.4, 0.5) is 0 Å². The Morgan fingerprint density at radius 1 is 0.672 bits per heavy atom. The van der Waals surface area contributed by atoms with Crippen LogP contribution < -0.4 is 30.2 Å². The average Bonchev–Trinajstić information content (AvgIpc) is 3.26. The summed E-state index contributed by atoms with van der Waals surface area (Å²) in [4.78, 5) is 91.6. The van der Waals surface area contributed by atoms with E-state index in [1.165, 1.54) is 63.7 Å². The lowest BCUT2D eigenvalue weighted by molar-refractivity contribution is -0.149. The van der Waals surface area contributed by atoms with Gasteiger partial charge in [0.25, 0.3) is 0 Å². The molecule has 346 valence electrons. The van der Waals surface area contributed by atoms with Crippen molar-refractivity contribution in [2.75, 3.05) is 41.4 Å². The number of benzene rings is 3. The van der Waals surface area contributed by atoms with Gasteiger partial charge in [0.15, 0.2) is 11.5 Å². The van der Waals surface area contributed by atoms with Crippen molar-refractivity contribution >= 4 is 35.4 Å². The number of methoxy groups -OCH3 is 1. The molecule has 0 saturated carbocycles. The van der Waals surface area contributed by atoms with E-state index < -0.39 is 71.7 Å². The number of carbonyl (C=O) groups excluding carboxylic acids is 6. The molecule has 5 rings (SSSR count). The third kappa shape index (κ3) is 11.9. The third-order valence-corrected chi connectivity index (χ3v) is 12.1. The van der Waals surface area contributed by atoms with E-state index in [1.54, 1.807) is 60.7 Å². The summed E-state index contributed by atoms with van der Waals surface area (Å²) in [5.74, 6) is -1.63. The number of likely N-dealkylation sites (N-methyl/N-ethyl adjacent to an activating group) is 3. The Bertz CT molecular complexity index is 2150. The first-order valence-electron chi connectivity index (χ1n) is 21.9. The fraction of sp³-hybridized carbons (Fsp3) is 0.500. The second kappa shape index (κ2) is 21.5. The smallest absolute Gasteiger partial charge is 0.246 e. The van der Waals surface area contributed by atoms with Crippen LogP contribution in [0.3, 0.4) is 0 Å². The fourth-order valence-corrected chi connectivity index (χ4v) is 8.20. The van der Waals surface area contributed by atoms with Crippen LogP contribution in [0.15, 0.2) is 66.7 Å². The molecule has 2 aliphatic heterocycles. The predicted molar refractivity (Wildman–Crippen MR) is 242 cm³/mol. The van der Waals surface area contributed by atoms with E-state index in [0.717, 1.165) is 0 Å². The van der Waals surface area contributed by atoms with Gasteiger partial charge in [-0.05, 0) is 102 Å². The molecular weight excluding hydrogens is 819 g/mol. The topological polar surface area (TPSA) is 179 Å². The van der Waals surface area contributed by atoms with Crippen LogP contribution in [0.25, 0.3) is 0 Å². The van der Waals surface area contributed by atoms with Crippen molar-refractivity contribution in [3.8, 4) is 23.0 Å². The molecule has 0 aromatic heterocycles. The lowest BCUT2D eigenvalue weighted by atomic mass is 9.99. The van der Waals surface area contributed by atoms with Crippen LogP contribution >= 0.6 is 0 Å². The minimum absolute atomic E-state index is 0.00276. The third-order valence-electron chi connectivity index (χ3n) is 12.1. The Kier molecular flexibility index (Phi) is 16.4. The predicted octanol–water partition coefficient (Wildman–Crippen LogP) is 3.34. The average molecular weight is 884 g/mol. The molecule has 2 heterocycles. The number of hydrogen-bond donors (Lipinski definition) is 3. The van der Waals surface area contributed by atoms with Crippen molar-refractivity contribution in [3.63, 3.8) is 0 Å². The molecule has 1 saturated heterocycles. The lowest BCUT2D eigenvalue weighted by Crippen LogP contribution is -2.61. The molecule has 16 nitrogen and oxygen atoms in total. The molecule has 16 heteroatoms. The number of fused-ring (bicyclic) bond motifs is 7. The standard InChI is InChI=1S/C48H65N7O9/c1-28(2)55(29(3)4)21-22-63-41-20-17-35-25-39-44(57)49-30(5)43(56)50-31(6)46(59)52(8)38(24-33-15-18-36(62-11)19-16-33)45(58)51-32(7)47(60)54(10)40(48(61)53(39)9)26-34-13-12-14-37(23-34)64-42(41)27-35/h12-20,23,27-32,38-40H,21-22,24-26H2,1-11H3,(H,49,57)(H,50,56)(H,51,58)/t30-,31+,32+,38+,39+,40+/m1/s1. The van der Waals surface area contributed by atoms with Gasteiger partial charge in [-0.1, -0.05) is 30.3 Å². The maximum atomic E-state index is 14.9. The van der Waals surface area contributed by atoms with E-state index in [9.17, 15) is 28.8 Å². The van der Waals surface area contributed by atoms with Gasteiger partial charge in [-0.2, -0.15) is 0 Å². The van der Waals surface area contributed by atoms with E-state index in [1.807, 2.05) is 6.07 Å². The first kappa shape index (κ1) is 48.9. The van der Waals surface area contributed by atoms with Gasteiger partial charge in [0.1, 0.15) is 54.4 Å². The van der Waals surface area contributed by atoms with E-state index >= 15 is 0 Å². The van der Waals surface area contributed by atoms with Gasteiger partial charge >= 0.3 is 0 Å². The molecule has 3 N–H and O–H groups in total. The zero-order valence-electron chi connectivity index (χ0n) is 39.0. The van der Waals surface area contributed by atoms with Gasteiger partial charge in [-0.3, -0.25) is 33.7 Å². The molecule has 3 aromatic rings. The number of nitrogens with zero attached hydrogens (tertiary/aromatic N) is 4. The summed E-state index contributed by atoms with van der Waals surface area (Å²) < 4.78 is 18.1. The molecule has 0 aliphatic carbocycles. The van der Waals surface area contributed by atoms with Gasteiger partial charge in [-0.25, -0.2) is 0 Å². The van der Waals surface area contributed by atoms with Crippen LogP contribution in [0.2, 0.25) is 0 Å². The highest BCUT2D eigenvalue weighted by Crippen LogP contribution is 2.35. The van der Waals surface area contributed by atoms with Crippen molar-refractivity contribution in [2.45, 2.75) is 116 Å². The quantitative estimate of drug-likeness (QED) is 0.289. The van der Waals surface area contributed by atoms with Crippen LogP contribution in [0.5, 0.6) is 23.0 Å². The molecule has 0 spiro atoms. The highest BCUT2D eigenvalue weighted by atomic mass is 16.5. The lowest BCUT2D eigenvalue weighted by Gasteiger charge is -2.36. The van der Waals surface area contributed by atoms with Crippen LogP contribution in [0, 0.1) is 0 Å². The number of carbonyl (C=O) groups is 6. The summed E-state index contributed by atoms with van der Waals surface area (Å²) in [5.41, 5.74) is 2.00. The SMILES string of the molecule is COc1ccc(C[C@H]2C(=O)N[C@@H](C)C(=O)N(C)[C@H]3Cc4cccc(c4)Oc4cc(ccc4OCCN(C(C)C)C(C)C)C[C@@H](C(=O)N[C@H](C)C(=O)N[C@@H](C)C(=O)N2C)N(C)C3=O)cc1. The molecule has 1 fully saturated rings. The van der Waals surface area contributed by atoms with Gasteiger partial charge in [0.05, 0.1) is 7.11 Å². The highest BCUT2D eigenvalue weighted by Gasteiger charge is 2.39. The van der Waals surface area contributed by atoms with Gasteiger partial charge in [0, 0.05) is 59.0 Å². The monoisotopic (exact) mass is 883 g/mol. The zero-order valence-corrected chi connectivity index (χ0v) is 39.0. The summed E-state index contributed by atoms with van der Waals surface area (Å²) in [6.07, 6.45) is 0.0860. The minimum atomic E-state index is -1.18. The Balaban J connectivity index is 1.56. The number of nitrogens with one attached hydrogen (secondary N) is 3. The van der Waals surface area contributed by atoms with E-state index in [0.29, 0.717) is 64.9 Å². The number of amides is 6. The van der Waals surface area contributed by atoms with E-state index in [-0.39, 0.29) is 19.3 Å². The maximum Gasteiger partial charge on any atom is 0.246 e. The minimum Gasteiger partial charge on any atom is -0.497 e. The maximum absolute atomic E-state index is 14.9. The first-order valence-corrected chi connectivity index (χ1v) is 21.9. The normalized spacial score (nSPS) is 23.1. The molecule has 2 aliphatic rings. The van der Waals surface area contributed by atoms with Crippen molar-refractivity contribution in [1.29, 1.82) is 0 Å². The summed E-state index contributed by atoms with van der Waals surface area (Å²) in [6.45, 7) is 14.1. The van der Waals surface area contributed by atoms with Crippen molar-refractivity contribution in [2.24, 2.45) is 0 Å². The largest absolute Gasteiger partial charge is 0.497 e. The summed E-state index contributed by atoms with van der Waals surface area (Å²) >= 11 is 0. The molecular formula is C48H65N7O9. The molecule has 6 atom stereocenters. The van der Waals surface area contributed by atoms with Crippen molar-refractivity contribution < 1.29 is 43.0 Å². The molecule has 64 heavy (non-hydrogen) atoms. The van der Waals surface area contributed by atoms with Crippen molar-refractivity contribution in [3.05, 3.63) is 83.4 Å². The first-order chi connectivity index (χ1) is 30.3. The fourth-order valence-electron chi connectivity index (χ4n) is 8.20. The molecule has 6 amide bonds. The van der Waals surface area contributed by atoms with Crippen LogP contribution in [0.1, 0.15) is 65.2 Å². The zero-order chi connectivity index (χ0) is 47.0. The highest BCUT2D eigenvalue weighted by molar-refractivity contribution is 5.98. The van der Waals surface area contributed by atoms with Crippen LogP contribution in [-0.4, -0.2) is 145 Å². The summed E-state index contributed by atoms with van der Waals surface area (Å²) in [6, 6.07) is 13.3. The van der Waals surface area contributed by atoms with Gasteiger partial charge in [-0.15, -0.1) is 0 Å². The Hall–Kier alpha value is -6.16. The second-order valence-corrected chi connectivity index (χ2v) is 17.4. The number of ether oxygens (including phenoxy) is 3. The Morgan fingerprint density at radius 3 is 1.89 bits per heavy atom. The second-order valence-electron chi connectivity index (χ2n) is 17.4. The van der Waals surface area contributed by atoms with Gasteiger partial charge in [0.2, 0.25) is 35.4 Å². The molecule has 0 radical (unpaired) electrons. The molecule has 0 unspecified atom stereocenters. The van der Waals surface area contributed by atoms with Gasteiger partial charge < -0.3 is 44.9 Å². The van der Waals surface area contributed by atoms with E-state index in [2.05, 4.69) is 48.5 Å².